The number of hydrogen-bond acceptors (Lipinski definition) is 22. The number of hydrogen-bond donors (Lipinski definition) is 16. The summed E-state index contributed by atoms with van der Waals surface area (Å²) in [6.45, 7) is -0.925. The summed E-state index contributed by atoms with van der Waals surface area (Å²) in [5.41, 5.74) is 0. The SMILES string of the molecule is CC(=O)N[C@H]1[C@H]([C@H](O)[C@H](O)CO)O[C@](O[C@@H]2[C@@H](O)[C@@H](CO)O[C@H](O[C@@H]3[C@H](O[C@@H]4O[C@@H](C)[C@@H](O)[C@@H](O)[C@@H]4O)[C@H](NC(=O)O)C(O)O[C@@H]3CO)[C@@H]2O)(C(=O)O)C[C@@H]1O. The zero-order valence-electron chi connectivity index (χ0n) is 29.7. The Morgan fingerprint density at radius 3 is 1.91 bits per heavy atom. The van der Waals surface area contributed by atoms with Gasteiger partial charge in [0.15, 0.2) is 18.9 Å². The maximum absolute atomic E-state index is 12.8. The molecule has 4 aliphatic rings. The monoisotopic (exact) mass is 822 g/mol. The van der Waals surface area contributed by atoms with Gasteiger partial charge in [0.05, 0.1) is 38.1 Å². The second-order valence-electron chi connectivity index (χ2n) is 13.8. The van der Waals surface area contributed by atoms with Gasteiger partial charge in [0.25, 0.3) is 5.79 Å². The molecule has 0 radical (unpaired) electrons. The number of aliphatic carboxylic acids is 1. The van der Waals surface area contributed by atoms with E-state index in [4.69, 9.17) is 33.2 Å². The molecule has 4 heterocycles. The number of rotatable bonds is 14. The third-order valence-corrected chi connectivity index (χ3v) is 9.86. The van der Waals surface area contributed by atoms with Gasteiger partial charge >= 0.3 is 12.1 Å². The molecule has 0 bridgehead atoms. The van der Waals surface area contributed by atoms with E-state index in [1.165, 1.54) is 6.92 Å². The van der Waals surface area contributed by atoms with Gasteiger partial charge in [-0.2, -0.15) is 0 Å². The zero-order valence-corrected chi connectivity index (χ0v) is 29.7. The lowest BCUT2D eigenvalue weighted by molar-refractivity contribution is -0.390. The van der Waals surface area contributed by atoms with Gasteiger partial charge in [0, 0.05) is 13.3 Å². The predicted octanol–water partition coefficient (Wildman–Crippen LogP) is -9.10. The summed E-state index contributed by atoms with van der Waals surface area (Å²) >= 11 is 0. The molecular weight excluding hydrogens is 772 g/mol. The number of aliphatic hydroxyl groups excluding tert-OH is 12. The summed E-state index contributed by atoms with van der Waals surface area (Å²) in [7, 11) is 0. The molecule has 26 nitrogen and oxygen atoms in total. The average Bonchev–Trinajstić information content (AvgIpc) is 3.14. The number of carboxylic acids is 1. The normalized spacial score (nSPS) is 45.7. The maximum atomic E-state index is 12.8. The fourth-order valence-corrected chi connectivity index (χ4v) is 6.90. The number of carbonyl (C=O) groups excluding carboxylic acids is 1. The molecule has 21 atom stereocenters. The van der Waals surface area contributed by atoms with E-state index in [1.54, 1.807) is 0 Å². The lowest BCUT2D eigenvalue weighted by Gasteiger charge is -2.51. The molecule has 26 heteroatoms. The van der Waals surface area contributed by atoms with Crippen molar-refractivity contribution in [1.29, 1.82) is 0 Å². The Morgan fingerprint density at radius 2 is 1.36 bits per heavy atom. The second kappa shape index (κ2) is 19.0. The average molecular weight is 823 g/mol. The standard InChI is InChI=1S/C30H50N2O24/c1-7-15(39)18(42)19(43)26(50-7)54-23-14(32-29(48)49)25(45)51-12(6-35)21(23)53-27-20(44)24(17(41)11(5-34)52-27)56-30(28(46)47)3-9(37)13(31-8(2)36)22(55-30)16(40)10(38)4-33/h7,9-27,32-35,37-45H,3-6H2,1-2H3,(H,31,36)(H,46,47)(H,48,49)/t7-,9-,10+,11+,12+,13+,14-,15+,16+,17-,18+,19-,20+,21-,22+,23+,24+,25?,26-,27+,30+/m0/s1. The van der Waals surface area contributed by atoms with Crippen LogP contribution in [0.2, 0.25) is 0 Å². The molecule has 0 aromatic carbocycles. The first kappa shape index (κ1) is 46.1. The Bertz CT molecular complexity index is 1330. The lowest BCUT2D eigenvalue weighted by atomic mass is 9.88. The van der Waals surface area contributed by atoms with Crippen molar-refractivity contribution in [3.05, 3.63) is 0 Å². The van der Waals surface area contributed by atoms with Crippen LogP contribution in [0.15, 0.2) is 0 Å². The first-order chi connectivity index (χ1) is 26.2. The van der Waals surface area contributed by atoms with E-state index in [1.807, 2.05) is 5.32 Å². The number of carbonyl (C=O) groups is 3. The minimum Gasteiger partial charge on any atom is -0.477 e. The lowest BCUT2D eigenvalue weighted by Crippen LogP contribution is -2.71. The van der Waals surface area contributed by atoms with Crippen LogP contribution in [0, 0.1) is 0 Å². The van der Waals surface area contributed by atoms with Crippen molar-refractivity contribution in [2.75, 3.05) is 19.8 Å². The smallest absolute Gasteiger partial charge is 0.405 e. The number of ether oxygens (including phenoxy) is 7. The maximum Gasteiger partial charge on any atom is 0.405 e. The molecule has 1 unspecified atom stereocenters. The first-order valence-corrected chi connectivity index (χ1v) is 17.3. The Morgan fingerprint density at radius 1 is 0.750 bits per heavy atom. The van der Waals surface area contributed by atoms with E-state index < -0.39 is 173 Å². The quantitative estimate of drug-likeness (QED) is 0.0773. The summed E-state index contributed by atoms with van der Waals surface area (Å²) in [4.78, 5) is 36.5. The first-order valence-electron chi connectivity index (χ1n) is 17.3. The van der Waals surface area contributed by atoms with Gasteiger partial charge < -0.3 is 115 Å². The Labute approximate surface area is 316 Å². The van der Waals surface area contributed by atoms with Gasteiger partial charge in [-0.15, -0.1) is 0 Å². The Hall–Kier alpha value is -2.55. The van der Waals surface area contributed by atoms with Crippen molar-refractivity contribution in [1.82, 2.24) is 10.6 Å². The third-order valence-electron chi connectivity index (χ3n) is 9.86. The highest BCUT2D eigenvalue weighted by molar-refractivity contribution is 5.76. The van der Waals surface area contributed by atoms with Crippen LogP contribution in [0.5, 0.6) is 0 Å². The topological polar surface area (TPSA) is 423 Å². The van der Waals surface area contributed by atoms with Gasteiger partial charge in [-0.25, -0.2) is 9.59 Å². The molecule has 4 rings (SSSR count). The predicted molar refractivity (Wildman–Crippen MR) is 170 cm³/mol. The zero-order chi connectivity index (χ0) is 42.0. The Balaban J connectivity index is 1.71. The molecule has 56 heavy (non-hydrogen) atoms. The highest BCUT2D eigenvalue weighted by Gasteiger charge is 2.60. The number of aliphatic hydroxyl groups is 12. The molecule has 0 aromatic heterocycles. The summed E-state index contributed by atoms with van der Waals surface area (Å²) in [6.07, 6.45) is -38.0. The molecule has 0 spiro atoms. The van der Waals surface area contributed by atoms with Gasteiger partial charge in [-0.1, -0.05) is 0 Å². The fraction of sp³-hybridized carbons (Fsp3) is 0.900. The van der Waals surface area contributed by atoms with Gasteiger partial charge in [0.1, 0.15) is 85.4 Å². The summed E-state index contributed by atoms with van der Waals surface area (Å²) in [5.74, 6) is -5.99. The van der Waals surface area contributed by atoms with Crippen LogP contribution in [0.3, 0.4) is 0 Å². The van der Waals surface area contributed by atoms with Gasteiger partial charge in [-0.05, 0) is 6.92 Å². The third kappa shape index (κ3) is 9.66. The van der Waals surface area contributed by atoms with Crippen molar-refractivity contribution < 1.29 is 119 Å². The molecule has 2 amide bonds. The molecule has 4 saturated heterocycles. The van der Waals surface area contributed by atoms with Crippen molar-refractivity contribution >= 4 is 18.0 Å². The van der Waals surface area contributed by atoms with Crippen molar-refractivity contribution in [2.24, 2.45) is 0 Å². The summed E-state index contributed by atoms with van der Waals surface area (Å²) < 4.78 is 39.2. The number of nitrogens with one attached hydrogen (secondary N) is 2. The second-order valence-corrected chi connectivity index (χ2v) is 13.8. The van der Waals surface area contributed by atoms with E-state index in [9.17, 15) is 85.9 Å². The minimum absolute atomic E-state index is 0.797. The number of amides is 2. The molecule has 4 fully saturated rings. The van der Waals surface area contributed by atoms with E-state index >= 15 is 0 Å². The van der Waals surface area contributed by atoms with Crippen LogP contribution < -0.4 is 10.6 Å². The molecule has 0 aromatic rings. The van der Waals surface area contributed by atoms with E-state index in [-0.39, 0.29) is 0 Å². The summed E-state index contributed by atoms with van der Waals surface area (Å²) in [6, 6.07) is -3.49. The van der Waals surface area contributed by atoms with Gasteiger partial charge in [0.2, 0.25) is 5.91 Å². The van der Waals surface area contributed by atoms with Crippen LogP contribution in [0.25, 0.3) is 0 Å². The molecule has 324 valence electrons. The van der Waals surface area contributed by atoms with Crippen molar-refractivity contribution in [3.8, 4) is 0 Å². The van der Waals surface area contributed by atoms with Crippen molar-refractivity contribution in [2.45, 2.75) is 149 Å². The molecule has 4 aliphatic heterocycles. The van der Waals surface area contributed by atoms with E-state index in [0.29, 0.717) is 0 Å². The van der Waals surface area contributed by atoms with E-state index in [0.717, 1.165) is 6.92 Å². The Kier molecular flexibility index (Phi) is 15.7. The van der Waals surface area contributed by atoms with Crippen LogP contribution in [-0.2, 0) is 42.7 Å². The van der Waals surface area contributed by atoms with Crippen LogP contribution in [0.4, 0.5) is 4.79 Å². The summed E-state index contributed by atoms with van der Waals surface area (Å²) in [5, 5.41) is 150. The van der Waals surface area contributed by atoms with Crippen LogP contribution >= 0.6 is 0 Å². The van der Waals surface area contributed by atoms with Crippen LogP contribution in [-0.4, -0.2) is 238 Å². The molecule has 0 aliphatic carbocycles. The highest BCUT2D eigenvalue weighted by atomic mass is 16.8. The van der Waals surface area contributed by atoms with Gasteiger partial charge in [-0.3, -0.25) is 4.79 Å². The largest absolute Gasteiger partial charge is 0.477 e. The minimum atomic E-state index is -3.14. The van der Waals surface area contributed by atoms with Crippen LogP contribution in [0.1, 0.15) is 20.3 Å². The molecular formula is C30H50N2O24. The highest BCUT2D eigenvalue weighted by Crippen LogP contribution is 2.39. The van der Waals surface area contributed by atoms with Crippen molar-refractivity contribution in [3.63, 3.8) is 0 Å². The molecule has 0 saturated carbocycles. The molecule has 16 N–H and O–H groups in total. The number of carboxylic acid groups (broad SMARTS) is 2. The fourth-order valence-electron chi connectivity index (χ4n) is 6.90. The van der Waals surface area contributed by atoms with E-state index in [2.05, 4.69) is 5.32 Å².